The summed E-state index contributed by atoms with van der Waals surface area (Å²) in [4.78, 5) is 2.37. The average molecular weight is 423 g/mol. The van der Waals surface area contributed by atoms with Crippen LogP contribution in [0.3, 0.4) is 0 Å². The zero-order chi connectivity index (χ0) is 20.4. The maximum atomic E-state index is 11.9. The van der Waals surface area contributed by atoms with E-state index in [9.17, 15) is 8.42 Å². The number of fused-ring (bicyclic) bond motifs is 5. The van der Waals surface area contributed by atoms with Crippen molar-refractivity contribution in [3.05, 3.63) is 29.8 Å². The minimum Gasteiger partial charge on any atom is -0.489 e. The second-order valence-electron chi connectivity index (χ2n) is 8.97. The fraction of sp³-hybridized carbons (Fsp3) is 0.727. The SMILES string of the molecule is C[C@H]1CN2CCC[C@H](NS(C)(=O)=O)[C@@H]2COC2CCC(CC2)c2ccccc2O1. The highest BCUT2D eigenvalue weighted by molar-refractivity contribution is 7.88. The van der Waals surface area contributed by atoms with Gasteiger partial charge in [-0.15, -0.1) is 0 Å². The van der Waals surface area contributed by atoms with Crippen LogP contribution in [-0.4, -0.2) is 63.6 Å². The topological polar surface area (TPSA) is 67.9 Å². The quantitative estimate of drug-likeness (QED) is 0.794. The number of ether oxygens (including phenoxy) is 2. The van der Waals surface area contributed by atoms with Gasteiger partial charge in [-0.1, -0.05) is 18.2 Å². The zero-order valence-electron chi connectivity index (χ0n) is 17.5. The molecular weight excluding hydrogens is 388 g/mol. The van der Waals surface area contributed by atoms with E-state index in [0.717, 1.165) is 57.4 Å². The molecule has 3 heterocycles. The molecular formula is C22H34N2O4S. The minimum absolute atomic E-state index is 0.0218. The maximum absolute atomic E-state index is 11.9. The molecule has 2 bridgehead atoms. The molecule has 1 aromatic rings. The lowest BCUT2D eigenvalue weighted by molar-refractivity contribution is -0.0323. The summed E-state index contributed by atoms with van der Waals surface area (Å²) in [5.74, 6) is 1.53. The molecule has 4 aliphatic rings. The van der Waals surface area contributed by atoms with Crippen LogP contribution in [0.2, 0.25) is 0 Å². The van der Waals surface area contributed by atoms with Gasteiger partial charge in [0.15, 0.2) is 0 Å². The first-order valence-corrected chi connectivity index (χ1v) is 12.9. The summed E-state index contributed by atoms with van der Waals surface area (Å²) >= 11 is 0. The van der Waals surface area contributed by atoms with E-state index in [2.05, 4.69) is 34.7 Å². The number of para-hydroxylation sites is 1. The highest BCUT2D eigenvalue weighted by Gasteiger charge is 2.36. The van der Waals surface area contributed by atoms with Crippen molar-refractivity contribution in [1.82, 2.24) is 9.62 Å². The molecule has 0 spiro atoms. The number of hydrogen-bond acceptors (Lipinski definition) is 5. The number of sulfonamides is 1. The van der Waals surface area contributed by atoms with Gasteiger partial charge in [0, 0.05) is 18.6 Å². The second-order valence-corrected chi connectivity index (χ2v) is 10.8. The molecule has 0 amide bonds. The van der Waals surface area contributed by atoms with Crippen LogP contribution in [0.1, 0.15) is 56.9 Å². The van der Waals surface area contributed by atoms with E-state index in [1.54, 1.807) is 0 Å². The summed E-state index contributed by atoms with van der Waals surface area (Å²) in [5, 5.41) is 0. The first-order valence-electron chi connectivity index (χ1n) is 11.0. The van der Waals surface area contributed by atoms with Crippen LogP contribution in [0, 0.1) is 0 Å². The Morgan fingerprint density at radius 2 is 1.86 bits per heavy atom. The van der Waals surface area contributed by atoms with E-state index in [0.29, 0.717) is 12.5 Å². The monoisotopic (exact) mass is 422 g/mol. The molecule has 1 N–H and O–H groups in total. The van der Waals surface area contributed by atoms with Gasteiger partial charge in [0.2, 0.25) is 10.0 Å². The van der Waals surface area contributed by atoms with Crippen LogP contribution >= 0.6 is 0 Å². The lowest BCUT2D eigenvalue weighted by Crippen LogP contribution is -2.58. The van der Waals surface area contributed by atoms with Gasteiger partial charge in [-0.05, 0) is 69.5 Å². The Labute approximate surface area is 175 Å². The fourth-order valence-electron chi connectivity index (χ4n) is 5.27. The van der Waals surface area contributed by atoms with Crippen molar-refractivity contribution in [2.45, 2.75) is 75.7 Å². The highest BCUT2D eigenvalue weighted by Crippen LogP contribution is 2.39. The summed E-state index contributed by atoms with van der Waals surface area (Å²) in [6.45, 7) is 4.39. The molecule has 1 aromatic carbocycles. The first-order chi connectivity index (χ1) is 13.9. The normalized spacial score (nSPS) is 34.1. The van der Waals surface area contributed by atoms with Crippen LogP contribution in [-0.2, 0) is 14.8 Å². The lowest BCUT2D eigenvalue weighted by Gasteiger charge is -2.42. The Hall–Kier alpha value is -1.15. The third-order valence-corrected chi connectivity index (χ3v) is 7.35. The van der Waals surface area contributed by atoms with Crippen LogP contribution in [0.25, 0.3) is 0 Å². The van der Waals surface area contributed by atoms with Gasteiger partial charge in [0.1, 0.15) is 11.9 Å². The molecule has 0 radical (unpaired) electrons. The molecule has 1 saturated carbocycles. The number of nitrogens with one attached hydrogen (secondary N) is 1. The predicted octanol–water partition coefficient (Wildman–Crippen LogP) is 2.89. The Bertz CT molecular complexity index is 792. The third kappa shape index (κ3) is 5.32. The van der Waals surface area contributed by atoms with Crippen LogP contribution in [0.4, 0.5) is 0 Å². The molecule has 2 fully saturated rings. The third-order valence-electron chi connectivity index (χ3n) is 6.61. The summed E-state index contributed by atoms with van der Waals surface area (Å²) in [5.41, 5.74) is 1.32. The molecule has 3 aliphatic heterocycles. The van der Waals surface area contributed by atoms with Gasteiger partial charge in [-0.2, -0.15) is 0 Å². The Balaban J connectivity index is 1.60. The number of rotatable bonds is 2. The van der Waals surface area contributed by atoms with Crippen molar-refractivity contribution in [2.24, 2.45) is 0 Å². The fourth-order valence-corrected chi connectivity index (χ4v) is 6.10. The van der Waals surface area contributed by atoms with Gasteiger partial charge < -0.3 is 9.47 Å². The lowest BCUT2D eigenvalue weighted by atomic mass is 9.82. The minimum atomic E-state index is -3.26. The molecule has 5 rings (SSSR count). The number of piperidine rings is 1. The largest absolute Gasteiger partial charge is 0.489 e. The van der Waals surface area contributed by atoms with Gasteiger partial charge in [0.05, 0.1) is 19.0 Å². The van der Waals surface area contributed by atoms with Crippen molar-refractivity contribution < 1.29 is 17.9 Å². The van der Waals surface area contributed by atoms with Crippen molar-refractivity contribution >= 4 is 10.0 Å². The predicted molar refractivity (Wildman–Crippen MR) is 114 cm³/mol. The first kappa shape index (κ1) is 21.1. The van der Waals surface area contributed by atoms with Crippen molar-refractivity contribution in [3.63, 3.8) is 0 Å². The van der Waals surface area contributed by atoms with E-state index >= 15 is 0 Å². The summed E-state index contributed by atoms with van der Waals surface area (Å²) in [6, 6.07) is 8.39. The summed E-state index contributed by atoms with van der Waals surface area (Å²) in [6.07, 6.45) is 7.67. The van der Waals surface area contributed by atoms with Gasteiger partial charge in [0.25, 0.3) is 0 Å². The molecule has 0 aromatic heterocycles. The standard InChI is InChI=1S/C22H34N2O4S/c1-16-14-24-13-5-7-20(23-29(2,25)26)21(24)15-27-18-11-9-17(10-12-18)19-6-3-4-8-22(19)28-16/h3-4,6,8,16-18,20-21,23H,5,7,9-15H2,1-2H3/t16-,17?,18?,20-,21-/m0/s1. The molecule has 29 heavy (non-hydrogen) atoms. The van der Waals surface area contributed by atoms with Crippen LogP contribution in [0.5, 0.6) is 5.75 Å². The Kier molecular flexibility index (Phi) is 6.49. The van der Waals surface area contributed by atoms with E-state index in [4.69, 9.17) is 9.47 Å². The molecule has 0 unspecified atom stereocenters. The number of benzene rings is 1. The van der Waals surface area contributed by atoms with Crippen molar-refractivity contribution in [3.8, 4) is 5.75 Å². The van der Waals surface area contributed by atoms with E-state index in [1.165, 1.54) is 11.8 Å². The molecule has 6 nitrogen and oxygen atoms in total. The van der Waals surface area contributed by atoms with E-state index in [-0.39, 0.29) is 24.3 Å². The Morgan fingerprint density at radius 3 is 2.62 bits per heavy atom. The van der Waals surface area contributed by atoms with E-state index < -0.39 is 10.0 Å². The molecule has 3 atom stereocenters. The van der Waals surface area contributed by atoms with Crippen molar-refractivity contribution in [2.75, 3.05) is 26.0 Å². The van der Waals surface area contributed by atoms with Gasteiger partial charge in [-0.25, -0.2) is 13.1 Å². The smallest absolute Gasteiger partial charge is 0.209 e. The zero-order valence-corrected chi connectivity index (χ0v) is 18.4. The van der Waals surface area contributed by atoms with Gasteiger partial charge >= 0.3 is 0 Å². The number of nitrogens with zero attached hydrogens (tertiary/aromatic N) is 1. The summed E-state index contributed by atoms with van der Waals surface area (Å²) in [7, 11) is -3.26. The van der Waals surface area contributed by atoms with Crippen LogP contribution < -0.4 is 9.46 Å². The molecule has 162 valence electrons. The molecule has 1 saturated heterocycles. The highest BCUT2D eigenvalue weighted by atomic mass is 32.2. The average Bonchev–Trinajstić information content (AvgIpc) is 2.68. The Morgan fingerprint density at radius 1 is 1.10 bits per heavy atom. The van der Waals surface area contributed by atoms with Gasteiger partial charge in [-0.3, -0.25) is 4.90 Å². The summed E-state index contributed by atoms with van der Waals surface area (Å²) < 4.78 is 39.5. The number of hydrogen-bond donors (Lipinski definition) is 1. The molecule has 1 aliphatic carbocycles. The maximum Gasteiger partial charge on any atom is 0.209 e. The molecule has 7 heteroatoms. The van der Waals surface area contributed by atoms with E-state index in [1.807, 2.05) is 6.07 Å². The van der Waals surface area contributed by atoms with Crippen molar-refractivity contribution in [1.29, 1.82) is 0 Å². The second kappa shape index (κ2) is 8.92. The van der Waals surface area contributed by atoms with Crippen LogP contribution in [0.15, 0.2) is 24.3 Å².